The average molecular weight is 296 g/mol. The molecule has 0 saturated carbocycles. The summed E-state index contributed by atoms with van der Waals surface area (Å²) in [6.45, 7) is 4.60. The number of nitrogens with one attached hydrogen (secondary N) is 1. The molecule has 2 amide bonds. The molecule has 1 atom stereocenters. The predicted molar refractivity (Wildman–Crippen MR) is 74.3 cm³/mol. The quantitative estimate of drug-likeness (QED) is 0.751. The topological polar surface area (TPSA) is 118 Å². The van der Waals surface area contributed by atoms with Crippen LogP contribution in [0.4, 0.5) is 4.79 Å². The lowest BCUT2D eigenvalue weighted by atomic mass is 10.1. The second-order valence-electron chi connectivity index (χ2n) is 5.48. The van der Waals surface area contributed by atoms with Gasteiger partial charge in [-0.15, -0.1) is 0 Å². The summed E-state index contributed by atoms with van der Waals surface area (Å²) in [6, 6.07) is -0.974. The molecule has 0 saturated heterocycles. The molecular weight excluding hydrogens is 276 g/mol. The summed E-state index contributed by atoms with van der Waals surface area (Å²) in [6.07, 6.45) is 2.73. The van der Waals surface area contributed by atoms with Crippen LogP contribution in [0.15, 0.2) is 12.5 Å². The third-order valence-corrected chi connectivity index (χ3v) is 2.45. The van der Waals surface area contributed by atoms with Gasteiger partial charge in [0, 0.05) is 18.3 Å². The van der Waals surface area contributed by atoms with Crippen LogP contribution in [0.25, 0.3) is 0 Å². The third kappa shape index (κ3) is 5.35. The van der Waals surface area contributed by atoms with Gasteiger partial charge in [-0.1, -0.05) is 0 Å². The Morgan fingerprint density at radius 3 is 2.67 bits per heavy atom. The molecule has 0 fully saturated rings. The maximum absolute atomic E-state index is 12.2. The van der Waals surface area contributed by atoms with Crippen molar-refractivity contribution in [2.24, 2.45) is 5.73 Å². The number of amides is 2. The molecule has 0 aliphatic carbocycles. The lowest BCUT2D eigenvalue weighted by molar-refractivity contribution is -0.133. The monoisotopic (exact) mass is 296 g/mol. The van der Waals surface area contributed by atoms with E-state index < -0.39 is 30.2 Å². The van der Waals surface area contributed by atoms with Gasteiger partial charge in [0.05, 0.1) is 18.9 Å². The Balaban J connectivity index is 2.76. The molecule has 0 spiro atoms. The second kappa shape index (κ2) is 6.98. The molecule has 1 aromatic heterocycles. The van der Waals surface area contributed by atoms with Crippen LogP contribution in [0.1, 0.15) is 26.5 Å². The standard InChI is InChI=1S/C13H20N4O4/c1-13(2,3)21-12(20)17(4-5-18)11(19)10(14)6-9-7-15-8-16-9/h5,7-8,10H,4,6,14H2,1-3H3,(H,15,16)/t10-/m0/s1. The first-order valence-corrected chi connectivity index (χ1v) is 6.45. The van der Waals surface area contributed by atoms with Crippen molar-refractivity contribution in [3.8, 4) is 0 Å². The van der Waals surface area contributed by atoms with E-state index in [1.165, 1.54) is 12.5 Å². The minimum atomic E-state index is -0.974. The molecule has 0 aliphatic heterocycles. The summed E-state index contributed by atoms with van der Waals surface area (Å²) in [5.41, 5.74) is 5.67. The first-order chi connectivity index (χ1) is 9.74. The maximum atomic E-state index is 12.2. The number of carbonyl (C=O) groups excluding carboxylic acids is 3. The van der Waals surface area contributed by atoms with Gasteiger partial charge >= 0.3 is 6.09 Å². The van der Waals surface area contributed by atoms with Crippen molar-refractivity contribution in [2.45, 2.75) is 38.8 Å². The highest BCUT2D eigenvalue weighted by molar-refractivity contribution is 5.96. The van der Waals surface area contributed by atoms with Crippen molar-refractivity contribution in [2.75, 3.05) is 6.54 Å². The molecule has 116 valence electrons. The van der Waals surface area contributed by atoms with Crippen LogP contribution in [0.5, 0.6) is 0 Å². The number of carbonyl (C=O) groups is 3. The SMILES string of the molecule is CC(C)(C)OC(=O)N(CC=O)C(=O)[C@@H](N)Cc1cnc[nH]1. The maximum Gasteiger partial charge on any atom is 0.417 e. The van der Waals surface area contributed by atoms with Crippen molar-refractivity contribution in [1.29, 1.82) is 0 Å². The van der Waals surface area contributed by atoms with E-state index >= 15 is 0 Å². The Morgan fingerprint density at radius 2 is 2.19 bits per heavy atom. The van der Waals surface area contributed by atoms with Crippen LogP contribution in [0.3, 0.4) is 0 Å². The van der Waals surface area contributed by atoms with E-state index in [4.69, 9.17) is 10.5 Å². The third-order valence-electron chi connectivity index (χ3n) is 2.45. The molecule has 0 radical (unpaired) electrons. The number of imidazole rings is 1. The van der Waals surface area contributed by atoms with Crippen LogP contribution in [0, 0.1) is 0 Å². The van der Waals surface area contributed by atoms with E-state index in [1.807, 2.05) is 0 Å². The number of aldehydes is 1. The zero-order valence-electron chi connectivity index (χ0n) is 12.3. The predicted octanol–water partition coefficient (Wildman–Crippen LogP) is 0.242. The zero-order chi connectivity index (χ0) is 16.0. The lowest BCUT2D eigenvalue weighted by Crippen LogP contribution is -2.50. The smallest absolute Gasteiger partial charge is 0.417 e. The van der Waals surface area contributed by atoms with Crippen molar-refractivity contribution in [3.63, 3.8) is 0 Å². The van der Waals surface area contributed by atoms with Gasteiger partial charge in [-0.3, -0.25) is 4.79 Å². The summed E-state index contributed by atoms with van der Waals surface area (Å²) >= 11 is 0. The first kappa shape index (κ1) is 16.8. The summed E-state index contributed by atoms with van der Waals surface area (Å²) < 4.78 is 5.09. The van der Waals surface area contributed by atoms with Gasteiger partial charge in [-0.2, -0.15) is 0 Å². The molecule has 3 N–H and O–H groups in total. The highest BCUT2D eigenvalue weighted by Gasteiger charge is 2.30. The molecule has 0 bridgehead atoms. The normalized spacial score (nSPS) is 12.6. The Bertz CT molecular complexity index is 493. The largest absolute Gasteiger partial charge is 0.443 e. The number of hydrogen-bond acceptors (Lipinski definition) is 6. The minimum absolute atomic E-state index is 0.178. The number of ether oxygens (including phenoxy) is 1. The highest BCUT2D eigenvalue weighted by atomic mass is 16.6. The van der Waals surface area contributed by atoms with Crippen LogP contribution >= 0.6 is 0 Å². The van der Waals surface area contributed by atoms with Crippen molar-refractivity contribution >= 4 is 18.3 Å². The van der Waals surface area contributed by atoms with Gasteiger partial charge in [-0.05, 0) is 20.8 Å². The Kier molecular flexibility index (Phi) is 5.60. The summed E-state index contributed by atoms with van der Waals surface area (Å²) in [7, 11) is 0. The number of aromatic nitrogens is 2. The van der Waals surface area contributed by atoms with Crippen LogP contribution in [-0.2, 0) is 20.7 Å². The van der Waals surface area contributed by atoms with E-state index in [-0.39, 0.29) is 6.42 Å². The number of imide groups is 1. The number of nitrogens with two attached hydrogens (primary N) is 1. The molecule has 0 aliphatic rings. The Morgan fingerprint density at radius 1 is 1.52 bits per heavy atom. The Labute approximate surface area is 122 Å². The molecule has 21 heavy (non-hydrogen) atoms. The van der Waals surface area contributed by atoms with E-state index in [0.29, 0.717) is 16.9 Å². The number of hydrogen-bond donors (Lipinski definition) is 2. The van der Waals surface area contributed by atoms with Gasteiger partial charge < -0.3 is 20.2 Å². The van der Waals surface area contributed by atoms with Gasteiger partial charge in [0.15, 0.2) is 0 Å². The fourth-order valence-corrected chi connectivity index (χ4v) is 1.57. The van der Waals surface area contributed by atoms with Crippen molar-refractivity contribution in [1.82, 2.24) is 14.9 Å². The first-order valence-electron chi connectivity index (χ1n) is 6.45. The molecule has 8 nitrogen and oxygen atoms in total. The minimum Gasteiger partial charge on any atom is -0.443 e. The average Bonchev–Trinajstić information content (AvgIpc) is 2.85. The fourth-order valence-electron chi connectivity index (χ4n) is 1.57. The number of H-pyrrole nitrogens is 1. The number of nitrogens with zero attached hydrogens (tertiary/aromatic N) is 2. The van der Waals surface area contributed by atoms with E-state index in [0.717, 1.165) is 0 Å². The summed E-state index contributed by atoms with van der Waals surface area (Å²) in [5.74, 6) is -0.675. The summed E-state index contributed by atoms with van der Waals surface area (Å²) in [5, 5.41) is 0. The van der Waals surface area contributed by atoms with Gasteiger partial charge in [0.2, 0.25) is 5.91 Å². The summed E-state index contributed by atoms with van der Waals surface area (Å²) in [4.78, 5) is 42.1. The van der Waals surface area contributed by atoms with Crippen LogP contribution < -0.4 is 5.73 Å². The number of aromatic amines is 1. The van der Waals surface area contributed by atoms with Crippen LogP contribution in [0.2, 0.25) is 0 Å². The molecule has 1 heterocycles. The van der Waals surface area contributed by atoms with Crippen molar-refractivity contribution < 1.29 is 19.1 Å². The van der Waals surface area contributed by atoms with E-state index in [2.05, 4.69) is 9.97 Å². The zero-order valence-corrected chi connectivity index (χ0v) is 12.3. The van der Waals surface area contributed by atoms with Crippen LogP contribution in [-0.4, -0.2) is 51.3 Å². The molecule has 8 heteroatoms. The molecule has 0 aromatic carbocycles. The van der Waals surface area contributed by atoms with Gasteiger partial charge in [0.1, 0.15) is 11.9 Å². The van der Waals surface area contributed by atoms with Crippen molar-refractivity contribution in [3.05, 3.63) is 18.2 Å². The van der Waals surface area contributed by atoms with E-state index in [9.17, 15) is 14.4 Å². The Hall–Kier alpha value is -2.22. The highest BCUT2D eigenvalue weighted by Crippen LogP contribution is 2.11. The number of rotatable bonds is 5. The fraction of sp³-hybridized carbons (Fsp3) is 0.538. The second-order valence-corrected chi connectivity index (χ2v) is 5.48. The van der Waals surface area contributed by atoms with E-state index in [1.54, 1.807) is 20.8 Å². The lowest BCUT2D eigenvalue weighted by Gasteiger charge is -2.26. The molecular formula is C13H20N4O4. The molecule has 1 rings (SSSR count). The molecule has 1 aromatic rings. The van der Waals surface area contributed by atoms with Gasteiger partial charge in [0.25, 0.3) is 0 Å². The molecule has 0 unspecified atom stereocenters. The van der Waals surface area contributed by atoms with Gasteiger partial charge in [-0.25, -0.2) is 14.7 Å².